The van der Waals surface area contributed by atoms with Crippen LogP contribution in [-0.2, 0) is 17.7 Å². The number of hydrogen-bond acceptors (Lipinski definition) is 5. The molecule has 3 aromatic rings. The summed E-state index contributed by atoms with van der Waals surface area (Å²) in [7, 11) is 4.04. The minimum atomic E-state index is -0.00872. The summed E-state index contributed by atoms with van der Waals surface area (Å²) in [5.41, 5.74) is 3.43. The van der Waals surface area contributed by atoms with Gasteiger partial charge in [0.05, 0.1) is 18.0 Å². The molecule has 1 amide bonds. The molecule has 164 valence electrons. The zero-order chi connectivity index (χ0) is 21.6. The summed E-state index contributed by atoms with van der Waals surface area (Å²) in [6, 6.07) is 12.2. The number of nitrogens with zero attached hydrogens (tertiary/aromatic N) is 5. The van der Waals surface area contributed by atoms with Crippen molar-refractivity contribution in [3.63, 3.8) is 0 Å². The quantitative estimate of drug-likeness (QED) is 0.532. The highest BCUT2D eigenvalue weighted by Crippen LogP contribution is 2.17. The number of hydrogen-bond donors (Lipinski definition) is 0. The van der Waals surface area contributed by atoms with Crippen LogP contribution >= 0.6 is 0 Å². The maximum atomic E-state index is 13.3. The summed E-state index contributed by atoms with van der Waals surface area (Å²) in [5, 5.41) is 0. The second-order valence-electron chi connectivity index (χ2n) is 8.43. The van der Waals surface area contributed by atoms with Crippen molar-refractivity contribution in [2.24, 2.45) is 0 Å². The van der Waals surface area contributed by atoms with Crippen molar-refractivity contribution < 1.29 is 9.53 Å². The number of pyridine rings is 1. The summed E-state index contributed by atoms with van der Waals surface area (Å²) < 4.78 is 7.82. The molecular formula is C24H31N5O2. The van der Waals surface area contributed by atoms with Gasteiger partial charge in [-0.25, -0.2) is 9.97 Å². The van der Waals surface area contributed by atoms with Gasteiger partial charge in [-0.2, -0.15) is 0 Å². The molecule has 0 spiro atoms. The van der Waals surface area contributed by atoms with Crippen LogP contribution in [-0.4, -0.2) is 76.7 Å². The van der Waals surface area contributed by atoms with Crippen molar-refractivity contribution in [3.05, 3.63) is 60.0 Å². The highest BCUT2D eigenvalue weighted by Gasteiger charge is 2.24. The summed E-state index contributed by atoms with van der Waals surface area (Å²) in [6.45, 7) is 3.68. The molecule has 1 atom stereocenters. The van der Waals surface area contributed by atoms with E-state index in [0.717, 1.165) is 50.1 Å². The lowest BCUT2D eigenvalue weighted by Crippen LogP contribution is -2.41. The van der Waals surface area contributed by atoms with E-state index in [1.165, 1.54) is 5.56 Å². The van der Waals surface area contributed by atoms with Crippen molar-refractivity contribution >= 4 is 17.1 Å². The minimum Gasteiger partial charge on any atom is -0.376 e. The number of carbonyl (C=O) groups excluding carboxylic acids is 1. The van der Waals surface area contributed by atoms with Crippen LogP contribution in [0.25, 0.3) is 11.2 Å². The summed E-state index contributed by atoms with van der Waals surface area (Å²) in [6.07, 6.45) is 6.60. The first kappa shape index (κ1) is 21.5. The molecule has 31 heavy (non-hydrogen) atoms. The number of benzene rings is 1. The van der Waals surface area contributed by atoms with Gasteiger partial charge >= 0.3 is 0 Å². The third kappa shape index (κ3) is 5.48. The Hall–Kier alpha value is -2.77. The van der Waals surface area contributed by atoms with E-state index >= 15 is 0 Å². The van der Waals surface area contributed by atoms with Gasteiger partial charge in [-0.3, -0.25) is 4.79 Å². The molecule has 7 heteroatoms. The number of fused-ring (bicyclic) bond motifs is 1. The van der Waals surface area contributed by atoms with Crippen LogP contribution in [0.3, 0.4) is 0 Å². The van der Waals surface area contributed by atoms with Crippen molar-refractivity contribution in [1.82, 2.24) is 24.3 Å². The standard InChI is InChI=1S/C24H31N5O2/c1-27(2)12-13-28(17-21-9-6-14-31-21)24(30)20-15-22-23(25-16-20)29(18-26-22)11-10-19-7-4-3-5-8-19/h3-5,7-8,15-16,18,21H,6,9-14,17H2,1-2H3. The van der Waals surface area contributed by atoms with Crippen LogP contribution < -0.4 is 0 Å². The van der Waals surface area contributed by atoms with E-state index < -0.39 is 0 Å². The Morgan fingerprint density at radius 1 is 1.19 bits per heavy atom. The third-order valence-electron chi connectivity index (χ3n) is 5.74. The lowest BCUT2D eigenvalue weighted by Gasteiger charge is -2.26. The highest BCUT2D eigenvalue weighted by molar-refractivity contribution is 5.96. The Morgan fingerprint density at radius 2 is 2.03 bits per heavy atom. The van der Waals surface area contributed by atoms with Gasteiger partial charge in [0.1, 0.15) is 5.52 Å². The molecule has 1 unspecified atom stereocenters. The second-order valence-corrected chi connectivity index (χ2v) is 8.43. The fourth-order valence-electron chi connectivity index (χ4n) is 3.94. The molecule has 0 N–H and O–H groups in total. The Kier molecular flexibility index (Phi) is 6.94. The predicted molar refractivity (Wildman–Crippen MR) is 121 cm³/mol. The van der Waals surface area contributed by atoms with Crippen LogP contribution in [0.2, 0.25) is 0 Å². The first-order valence-corrected chi connectivity index (χ1v) is 11.0. The Labute approximate surface area is 183 Å². The van der Waals surface area contributed by atoms with Gasteiger partial charge in [0.15, 0.2) is 5.65 Å². The zero-order valence-corrected chi connectivity index (χ0v) is 18.4. The lowest BCUT2D eigenvalue weighted by atomic mass is 10.1. The highest BCUT2D eigenvalue weighted by atomic mass is 16.5. The largest absolute Gasteiger partial charge is 0.376 e. The summed E-state index contributed by atoms with van der Waals surface area (Å²) in [5.74, 6) is -0.00872. The van der Waals surface area contributed by atoms with Crippen LogP contribution in [0.1, 0.15) is 28.8 Å². The van der Waals surface area contributed by atoms with Gasteiger partial charge in [0.25, 0.3) is 5.91 Å². The second kappa shape index (κ2) is 10.0. The fraction of sp³-hybridized carbons (Fsp3) is 0.458. The Bertz CT molecular complexity index is 996. The Balaban J connectivity index is 1.48. The van der Waals surface area contributed by atoms with E-state index in [4.69, 9.17) is 4.74 Å². The maximum absolute atomic E-state index is 13.3. The van der Waals surface area contributed by atoms with Crippen LogP contribution in [0, 0.1) is 0 Å². The average Bonchev–Trinajstić information content (AvgIpc) is 3.44. The Morgan fingerprint density at radius 3 is 2.77 bits per heavy atom. The lowest BCUT2D eigenvalue weighted by molar-refractivity contribution is 0.0512. The number of aryl methyl sites for hydroxylation is 2. The first-order valence-electron chi connectivity index (χ1n) is 11.0. The molecule has 4 rings (SSSR count). The van der Waals surface area contributed by atoms with Gasteiger partial charge in [-0.1, -0.05) is 30.3 Å². The molecule has 0 saturated carbocycles. The van der Waals surface area contributed by atoms with Gasteiger partial charge < -0.3 is 19.1 Å². The van der Waals surface area contributed by atoms with E-state index in [1.807, 2.05) is 42.0 Å². The maximum Gasteiger partial charge on any atom is 0.255 e. The number of ether oxygens (including phenoxy) is 1. The van der Waals surface area contributed by atoms with E-state index in [1.54, 1.807) is 6.20 Å². The van der Waals surface area contributed by atoms with Crippen molar-refractivity contribution in [2.75, 3.05) is 40.3 Å². The van der Waals surface area contributed by atoms with E-state index in [0.29, 0.717) is 18.7 Å². The average molecular weight is 422 g/mol. The third-order valence-corrected chi connectivity index (χ3v) is 5.74. The molecule has 1 aliphatic rings. The summed E-state index contributed by atoms with van der Waals surface area (Å²) in [4.78, 5) is 26.4. The SMILES string of the molecule is CN(C)CCN(CC1CCCO1)C(=O)c1cnc2c(c1)ncn2CCc1ccccc1. The zero-order valence-electron chi connectivity index (χ0n) is 18.4. The number of amides is 1. The molecule has 2 aromatic heterocycles. The monoisotopic (exact) mass is 421 g/mol. The summed E-state index contributed by atoms with van der Waals surface area (Å²) >= 11 is 0. The van der Waals surface area contributed by atoms with Crippen molar-refractivity contribution in [3.8, 4) is 0 Å². The van der Waals surface area contributed by atoms with Gasteiger partial charge in [0.2, 0.25) is 0 Å². The molecule has 1 saturated heterocycles. The molecule has 0 radical (unpaired) electrons. The molecule has 1 fully saturated rings. The van der Waals surface area contributed by atoms with E-state index in [2.05, 4.69) is 39.1 Å². The van der Waals surface area contributed by atoms with Crippen LogP contribution in [0.15, 0.2) is 48.9 Å². The van der Waals surface area contributed by atoms with Crippen molar-refractivity contribution in [2.45, 2.75) is 31.9 Å². The van der Waals surface area contributed by atoms with Gasteiger partial charge in [-0.15, -0.1) is 0 Å². The van der Waals surface area contributed by atoms with Gasteiger partial charge in [0, 0.05) is 39.0 Å². The van der Waals surface area contributed by atoms with E-state index in [9.17, 15) is 4.79 Å². The van der Waals surface area contributed by atoms with E-state index in [-0.39, 0.29) is 12.0 Å². The molecule has 7 nitrogen and oxygen atoms in total. The molecule has 0 aliphatic carbocycles. The molecule has 1 aliphatic heterocycles. The number of carbonyl (C=O) groups is 1. The first-order chi connectivity index (χ1) is 15.1. The van der Waals surface area contributed by atoms with Crippen molar-refractivity contribution in [1.29, 1.82) is 0 Å². The number of aromatic nitrogens is 3. The number of imidazole rings is 1. The molecule has 1 aromatic carbocycles. The smallest absolute Gasteiger partial charge is 0.255 e. The topological polar surface area (TPSA) is 63.5 Å². The minimum absolute atomic E-state index is 0.00872. The fourth-order valence-corrected chi connectivity index (χ4v) is 3.94. The number of likely N-dealkylation sites (N-methyl/N-ethyl adjacent to an activating group) is 1. The molecular weight excluding hydrogens is 390 g/mol. The predicted octanol–water partition coefficient (Wildman–Crippen LogP) is 2.86. The van der Waals surface area contributed by atoms with Gasteiger partial charge in [-0.05, 0) is 45.0 Å². The normalized spacial score (nSPS) is 16.3. The molecule has 0 bridgehead atoms. The molecule has 3 heterocycles. The van der Waals surface area contributed by atoms with Crippen LogP contribution in [0.4, 0.5) is 0 Å². The van der Waals surface area contributed by atoms with Crippen LogP contribution in [0.5, 0.6) is 0 Å². The number of rotatable bonds is 9.